The van der Waals surface area contributed by atoms with Crippen molar-refractivity contribution in [2.24, 2.45) is 7.05 Å². The molecule has 1 fully saturated rings. The number of carbonyl (C=O) groups excluding carboxylic acids is 1. The molecule has 128 valence electrons. The van der Waals surface area contributed by atoms with E-state index in [-0.39, 0.29) is 17.2 Å². The number of carbonyl (C=O) groups is 1. The number of fused-ring (bicyclic) bond motifs is 1. The molecular formula is C19H19N3O3. The molecule has 1 amide bonds. The fourth-order valence-corrected chi connectivity index (χ4v) is 3.43. The van der Waals surface area contributed by atoms with Gasteiger partial charge in [0.15, 0.2) is 0 Å². The highest BCUT2D eigenvalue weighted by molar-refractivity contribution is 5.92. The number of para-hydroxylation sites is 1. The van der Waals surface area contributed by atoms with Crippen LogP contribution in [0.3, 0.4) is 0 Å². The molecule has 0 saturated carbocycles. The first-order chi connectivity index (χ1) is 12.1. The number of piperidine rings is 1. The number of amides is 1. The Morgan fingerprint density at radius 1 is 1.24 bits per heavy atom. The first kappa shape index (κ1) is 15.6. The normalized spacial score (nSPS) is 21.7. The molecule has 3 heterocycles. The Balaban J connectivity index is 1.58. The summed E-state index contributed by atoms with van der Waals surface area (Å²) in [5, 5.41) is 4.07. The monoisotopic (exact) mass is 337 g/mol. The molecular weight excluding hydrogens is 318 g/mol. The summed E-state index contributed by atoms with van der Waals surface area (Å²) in [4.78, 5) is 26.0. The zero-order valence-electron chi connectivity index (χ0n) is 14.0. The Bertz CT molecular complexity index is 918. The van der Waals surface area contributed by atoms with Crippen LogP contribution in [0.25, 0.3) is 6.08 Å². The second kappa shape index (κ2) is 5.88. The molecule has 6 heteroatoms. The van der Waals surface area contributed by atoms with Gasteiger partial charge in [-0.25, -0.2) is 4.68 Å². The lowest BCUT2D eigenvalue weighted by molar-refractivity contribution is 0.0230. The number of aryl methyl sites for hydroxylation is 1. The molecule has 25 heavy (non-hydrogen) atoms. The topological polar surface area (TPSA) is 64.4 Å². The van der Waals surface area contributed by atoms with Crippen LogP contribution in [0.15, 0.2) is 47.3 Å². The summed E-state index contributed by atoms with van der Waals surface area (Å²) in [6.07, 6.45) is 5.84. The van der Waals surface area contributed by atoms with Crippen molar-refractivity contribution in [1.29, 1.82) is 0 Å². The molecule has 1 aromatic heterocycles. The molecule has 0 aliphatic carbocycles. The fraction of sp³-hybridized carbons (Fsp3) is 0.316. The van der Waals surface area contributed by atoms with Gasteiger partial charge in [0.05, 0.1) is 6.54 Å². The van der Waals surface area contributed by atoms with Gasteiger partial charge < -0.3 is 9.64 Å². The van der Waals surface area contributed by atoms with Crippen LogP contribution < -0.4 is 10.3 Å². The average molecular weight is 337 g/mol. The number of ether oxygens (including phenoxy) is 1. The van der Waals surface area contributed by atoms with E-state index in [0.717, 1.165) is 24.2 Å². The van der Waals surface area contributed by atoms with Crippen molar-refractivity contribution < 1.29 is 9.53 Å². The lowest BCUT2D eigenvalue weighted by Gasteiger charge is -2.42. The summed E-state index contributed by atoms with van der Waals surface area (Å²) in [5.74, 6) is 0.671. The second-order valence-corrected chi connectivity index (χ2v) is 6.55. The van der Waals surface area contributed by atoms with Crippen LogP contribution in [0.5, 0.6) is 5.75 Å². The lowest BCUT2D eigenvalue weighted by Crippen LogP contribution is -2.53. The van der Waals surface area contributed by atoms with E-state index in [2.05, 4.69) is 17.3 Å². The van der Waals surface area contributed by atoms with Crippen molar-refractivity contribution >= 4 is 12.0 Å². The van der Waals surface area contributed by atoms with E-state index in [1.807, 2.05) is 24.3 Å². The van der Waals surface area contributed by atoms with Gasteiger partial charge in [-0.05, 0) is 31.1 Å². The van der Waals surface area contributed by atoms with E-state index in [0.29, 0.717) is 13.1 Å². The predicted molar refractivity (Wildman–Crippen MR) is 93.5 cm³/mol. The lowest BCUT2D eigenvalue weighted by atomic mass is 9.89. The number of hydrogen-bond donors (Lipinski definition) is 0. The molecule has 2 aromatic rings. The van der Waals surface area contributed by atoms with Crippen LogP contribution in [0, 0.1) is 0 Å². The Morgan fingerprint density at radius 2 is 2.08 bits per heavy atom. The summed E-state index contributed by atoms with van der Waals surface area (Å²) >= 11 is 0. The molecule has 1 spiro atoms. The van der Waals surface area contributed by atoms with Crippen molar-refractivity contribution in [3.63, 3.8) is 0 Å². The third kappa shape index (κ3) is 2.84. The second-order valence-electron chi connectivity index (χ2n) is 6.55. The van der Waals surface area contributed by atoms with E-state index in [1.165, 1.54) is 16.8 Å². The molecule has 2 aliphatic heterocycles. The van der Waals surface area contributed by atoms with Crippen molar-refractivity contribution in [1.82, 2.24) is 14.7 Å². The van der Waals surface area contributed by atoms with Gasteiger partial charge in [0.2, 0.25) is 0 Å². The molecule has 1 aromatic carbocycles. The number of aromatic nitrogens is 2. The molecule has 1 unspecified atom stereocenters. The molecule has 6 nitrogen and oxygen atoms in total. The fourth-order valence-electron chi connectivity index (χ4n) is 3.43. The molecule has 0 radical (unpaired) electrons. The van der Waals surface area contributed by atoms with Gasteiger partial charge in [0, 0.05) is 25.2 Å². The Labute approximate surface area is 145 Å². The minimum absolute atomic E-state index is 0.175. The van der Waals surface area contributed by atoms with Crippen LogP contribution in [0.1, 0.15) is 28.9 Å². The highest BCUT2D eigenvalue weighted by Crippen LogP contribution is 2.36. The Morgan fingerprint density at radius 3 is 2.92 bits per heavy atom. The van der Waals surface area contributed by atoms with Crippen LogP contribution in [0.4, 0.5) is 0 Å². The van der Waals surface area contributed by atoms with Crippen molar-refractivity contribution in [3.05, 3.63) is 64.1 Å². The molecule has 1 atom stereocenters. The van der Waals surface area contributed by atoms with Gasteiger partial charge in [-0.2, -0.15) is 5.10 Å². The van der Waals surface area contributed by atoms with Crippen LogP contribution >= 0.6 is 0 Å². The Hall–Kier alpha value is -2.89. The highest BCUT2D eigenvalue weighted by Gasteiger charge is 2.39. The molecule has 0 N–H and O–H groups in total. The standard InChI is InChI=1S/C19H19N3O3/c1-21-17(23)8-7-15(20-21)18(24)22-12-4-10-19(13-22)11-9-14-5-2-3-6-16(14)25-19/h2-3,5-9,11H,4,10,12-13H2,1H3. The number of rotatable bonds is 1. The van der Waals surface area contributed by atoms with Crippen molar-refractivity contribution in [2.75, 3.05) is 13.1 Å². The number of nitrogens with zero attached hydrogens (tertiary/aromatic N) is 3. The minimum Gasteiger partial charge on any atom is -0.481 e. The number of benzene rings is 1. The van der Waals surface area contributed by atoms with E-state index in [1.54, 1.807) is 11.9 Å². The largest absolute Gasteiger partial charge is 0.481 e. The maximum absolute atomic E-state index is 12.8. The van der Waals surface area contributed by atoms with Gasteiger partial charge in [-0.1, -0.05) is 24.3 Å². The summed E-state index contributed by atoms with van der Waals surface area (Å²) in [6.45, 7) is 1.13. The van der Waals surface area contributed by atoms with Gasteiger partial charge >= 0.3 is 0 Å². The summed E-state index contributed by atoms with van der Waals surface area (Å²) in [7, 11) is 1.54. The van der Waals surface area contributed by atoms with Crippen LogP contribution in [-0.2, 0) is 7.05 Å². The van der Waals surface area contributed by atoms with Crippen molar-refractivity contribution in [2.45, 2.75) is 18.4 Å². The van der Waals surface area contributed by atoms with E-state index in [9.17, 15) is 9.59 Å². The zero-order chi connectivity index (χ0) is 17.4. The van der Waals surface area contributed by atoms with Gasteiger partial charge in [-0.3, -0.25) is 9.59 Å². The van der Waals surface area contributed by atoms with Crippen molar-refractivity contribution in [3.8, 4) is 5.75 Å². The SMILES string of the molecule is Cn1nc(C(=O)N2CCCC3(C=Cc4ccccc4O3)C2)ccc1=O. The number of likely N-dealkylation sites (tertiary alicyclic amines) is 1. The molecule has 0 bridgehead atoms. The van der Waals surface area contributed by atoms with E-state index < -0.39 is 5.60 Å². The maximum atomic E-state index is 12.8. The van der Waals surface area contributed by atoms with Gasteiger partial charge in [0.25, 0.3) is 11.5 Å². The Kier molecular flexibility index (Phi) is 3.67. The predicted octanol–water partition coefficient (Wildman–Crippen LogP) is 1.86. The van der Waals surface area contributed by atoms with E-state index in [4.69, 9.17) is 4.74 Å². The third-order valence-electron chi connectivity index (χ3n) is 4.75. The smallest absolute Gasteiger partial charge is 0.274 e. The maximum Gasteiger partial charge on any atom is 0.274 e. The zero-order valence-corrected chi connectivity index (χ0v) is 14.0. The van der Waals surface area contributed by atoms with Gasteiger partial charge in [0.1, 0.15) is 17.0 Å². The summed E-state index contributed by atoms with van der Waals surface area (Å²) in [5.41, 5.74) is 0.598. The average Bonchev–Trinajstić information content (AvgIpc) is 2.63. The molecule has 4 rings (SSSR count). The molecule has 2 aliphatic rings. The summed E-state index contributed by atoms with van der Waals surface area (Å²) in [6, 6.07) is 10.7. The first-order valence-corrected chi connectivity index (χ1v) is 8.37. The number of hydrogen-bond acceptors (Lipinski definition) is 4. The summed E-state index contributed by atoms with van der Waals surface area (Å²) < 4.78 is 7.44. The van der Waals surface area contributed by atoms with E-state index >= 15 is 0 Å². The van der Waals surface area contributed by atoms with Crippen LogP contribution in [0.2, 0.25) is 0 Å². The highest BCUT2D eigenvalue weighted by atomic mass is 16.5. The molecule has 1 saturated heterocycles. The first-order valence-electron chi connectivity index (χ1n) is 8.37. The quantitative estimate of drug-likeness (QED) is 0.797. The third-order valence-corrected chi connectivity index (χ3v) is 4.75. The minimum atomic E-state index is -0.497. The van der Waals surface area contributed by atoms with Gasteiger partial charge in [-0.15, -0.1) is 0 Å². The van der Waals surface area contributed by atoms with Crippen LogP contribution in [-0.4, -0.2) is 39.3 Å².